The number of nitro benzene ring substituents is 1. The van der Waals surface area contributed by atoms with Crippen molar-refractivity contribution in [3.05, 3.63) is 72.8 Å². The molecule has 0 amide bonds. The monoisotopic (exact) mass is 499 g/mol. The second kappa shape index (κ2) is 8.25. The summed E-state index contributed by atoms with van der Waals surface area (Å²) in [5.74, 6) is 0. The topological polar surface area (TPSA) is 149 Å². The Labute approximate surface area is 188 Å². The van der Waals surface area contributed by atoms with Gasteiger partial charge in [0.1, 0.15) is 5.69 Å². The standard InChI is InChI=1S/C19H16F3N5O6S/c20-19(21,22)11-1-4-15(16(9-11)27(30)31)25-5-7-26(8-6-25)34(32,33)12-2-3-13-14(10-12)24-18(29)17(28)23-13/h1-4,9-10H,5-8H2,(H,23,28)(H,24,29). The molecule has 1 fully saturated rings. The molecule has 0 aliphatic carbocycles. The van der Waals surface area contributed by atoms with Crippen LogP contribution in [0, 0.1) is 10.1 Å². The number of piperazine rings is 1. The van der Waals surface area contributed by atoms with Crippen LogP contribution < -0.4 is 16.0 Å². The van der Waals surface area contributed by atoms with Gasteiger partial charge in [-0.25, -0.2) is 8.42 Å². The van der Waals surface area contributed by atoms with Gasteiger partial charge >= 0.3 is 17.3 Å². The maximum Gasteiger partial charge on any atom is 0.416 e. The lowest BCUT2D eigenvalue weighted by Crippen LogP contribution is -2.48. The molecule has 1 saturated heterocycles. The van der Waals surface area contributed by atoms with Crippen LogP contribution in [0.25, 0.3) is 11.0 Å². The van der Waals surface area contributed by atoms with E-state index in [2.05, 4.69) is 9.97 Å². The first-order valence-corrected chi connectivity index (χ1v) is 11.2. The van der Waals surface area contributed by atoms with Gasteiger partial charge in [0, 0.05) is 32.2 Å². The lowest BCUT2D eigenvalue weighted by molar-refractivity contribution is -0.384. The molecule has 0 radical (unpaired) electrons. The lowest BCUT2D eigenvalue weighted by atomic mass is 10.1. The minimum Gasteiger partial charge on any atom is -0.363 e. The van der Waals surface area contributed by atoms with E-state index in [0.29, 0.717) is 6.07 Å². The molecule has 1 aliphatic rings. The molecule has 15 heteroatoms. The van der Waals surface area contributed by atoms with E-state index in [0.717, 1.165) is 16.4 Å². The third kappa shape index (κ3) is 4.26. The predicted octanol–water partition coefficient (Wildman–Crippen LogP) is 1.65. The predicted molar refractivity (Wildman–Crippen MR) is 114 cm³/mol. The highest BCUT2D eigenvalue weighted by atomic mass is 32.2. The van der Waals surface area contributed by atoms with Gasteiger partial charge in [0.25, 0.3) is 5.69 Å². The summed E-state index contributed by atoms with van der Waals surface area (Å²) in [6, 6.07) is 6.01. The van der Waals surface area contributed by atoms with E-state index in [1.807, 2.05) is 0 Å². The van der Waals surface area contributed by atoms with Crippen LogP contribution in [0.2, 0.25) is 0 Å². The molecular weight excluding hydrogens is 483 g/mol. The first-order valence-electron chi connectivity index (χ1n) is 9.75. The van der Waals surface area contributed by atoms with Crippen molar-refractivity contribution in [1.29, 1.82) is 0 Å². The fraction of sp³-hybridized carbons (Fsp3) is 0.263. The summed E-state index contributed by atoms with van der Waals surface area (Å²) in [6.07, 6.45) is -4.74. The van der Waals surface area contributed by atoms with E-state index in [1.54, 1.807) is 0 Å². The molecule has 1 aromatic heterocycles. The molecule has 11 nitrogen and oxygen atoms in total. The van der Waals surface area contributed by atoms with Crippen LogP contribution in [0.15, 0.2) is 50.9 Å². The lowest BCUT2D eigenvalue weighted by Gasteiger charge is -2.35. The highest BCUT2D eigenvalue weighted by molar-refractivity contribution is 7.89. The molecule has 0 saturated carbocycles. The molecule has 0 bridgehead atoms. The van der Waals surface area contributed by atoms with Gasteiger partial charge in [-0.15, -0.1) is 0 Å². The number of H-pyrrole nitrogens is 2. The maximum atomic E-state index is 13.1. The van der Waals surface area contributed by atoms with Crippen molar-refractivity contribution < 1.29 is 26.5 Å². The van der Waals surface area contributed by atoms with Crippen molar-refractivity contribution in [1.82, 2.24) is 14.3 Å². The van der Waals surface area contributed by atoms with Gasteiger partial charge in [-0.1, -0.05) is 0 Å². The van der Waals surface area contributed by atoms with Crippen molar-refractivity contribution in [2.75, 3.05) is 31.1 Å². The maximum absolute atomic E-state index is 13.1. The van der Waals surface area contributed by atoms with E-state index in [1.165, 1.54) is 23.1 Å². The molecule has 3 aromatic rings. The molecule has 0 unspecified atom stereocenters. The minimum atomic E-state index is -4.74. The van der Waals surface area contributed by atoms with Crippen LogP contribution in [0.5, 0.6) is 0 Å². The molecule has 0 atom stereocenters. The summed E-state index contributed by atoms with van der Waals surface area (Å²) in [7, 11) is -4.02. The third-order valence-electron chi connectivity index (χ3n) is 5.41. The minimum absolute atomic E-state index is 0.00314. The van der Waals surface area contributed by atoms with Gasteiger partial charge in [-0.2, -0.15) is 17.5 Å². The Morgan fingerprint density at radius 3 is 2.12 bits per heavy atom. The highest BCUT2D eigenvalue weighted by Gasteiger charge is 2.35. The number of nitro groups is 1. The highest BCUT2D eigenvalue weighted by Crippen LogP contribution is 2.37. The second-order valence-electron chi connectivity index (χ2n) is 7.47. The van der Waals surface area contributed by atoms with Gasteiger partial charge < -0.3 is 14.9 Å². The van der Waals surface area contributed by atoms with E-state index < -0.39 is 43.5 Å². The van der Waals surface area contributed by atoms with Crippen LogP contribution in [0.1, 0.15) is 5.56 Å². The molecule has 34 heavy (non-hydrogen) atoms. The number of aromatic amines is 2. The zero-order valence-electron chi connectivity index (χ0n) is 17.1. The van der Waals surface area contributed by atoms with E-state index in [-0.39, 0.29) is 47.8 Å². The van der Waals surface area contributed by atoms with Crippen LogP contribution in [0.3, 0.4) is 0 Å². The number of sulfonamides is 1. The summed E-state index contributed by atoms with van der Waals surface area (Å²) in [5, 5.41) is 11.4. The number of benzene rings is 2. The molecular formula is C19H16F3N5O6S. The SMILES string of the molecule is O=c1[nH]c2ccc(S(=O)(=O)N3CCN(c4ccc(C(F)(F)F)cc4[N+](=O)[O-])CC3)cc2[nH]c1=O. The summed E-state index contributed by atoms with van der Waals surface area (Å²) in [5.41, 5.74) is -3.38. The number of anilines is 1. The fourth-order valence-corrected chi connectivity index (χ4v) is 5.14. The molecule has 1 aliphatic heterocycles. The first-order chi connectivity index (χ1) is 15.9. The van der Waals surface area contributed by atoms with Crippen molar-refractivity contribution >= 4 is 32.4 Å². The number of aromatic nitrogens is 2. The number of rotatable bonds is 4. The number of halogens is 3. The number of fused-ring (bicyclic) bond motifs is 1. The Morgan fingerprint density at radius 1 is 0.912 bits per heavy atom. The average Bonchev–Trinajstić information content (AvgIpc) is 2.78. The molecule has 2 heterocycles. The number of hydrogen-bond acceptors (Lipinski definition) is 7. The average molecular weight is 499 g/mol. The second-order valence-corrected chi connectivity index (χ2v) is 9.40. The van der Waals surface area contributed by atoms with Gasteiger partial charge in [-0.3, -0.25) is 19.7 Å². The van der Waals surface area contributed by atoms with Crippen LogP contribution in [0.4, 0.5) is 24.5 Å². The Balaban J connectivity index is 1.57. The Kier molecular flexibility index (Phi) is 5.69. The fourth-order valence-electron chi connectivity index (χ4n) is 3.69. The van der Waals surface area contributed by atoms with E-state index >= 15 is 0 Å². The van der Waals surface area contributed by atoms with E-state index in [4.69, 9.17) is 0 Å². The Bertz CT molecular complexity index is 1510. The van der Waals surface area contributed by atoms with Gasteiger partial charge in [-0.05, 0) is 30.3 Å². The summed E-state index contributed by atoms with van der Waals surface area (Å²) < 4.78 is 66.1. The Hall–Kier alpha value is -3.72. The van der Waals surface area contributed by atoms with Crippen LogP contribution in [-0.2, 0) is 16.2 Å². The summed E-state index contributed by atoms with van der Waals surface area (Å²) in [4.78, 5) is 39.3. The quantitative estimate of drug-likeness (QED) is 0.315. The van der Waals surface area contributed by atoms with Crippen molar-refractivity contribution in [3.63, 3.8) is 0 Å². The van der Waals surface area contributed by atoms with Crippen molar-refractivity contribution in [2.45, 2.75) is 11.1 Å². The largest absolute Gasteiger partial charge is 0.416 e. The number of hydrogen-bond donors (Lipinski definition) is 2. The molecule has 2 aromatic carbocycles. The molecule has 2 N–H and O–H groups in total. The number of nitrogens with zero attached hydrogens (tertiary/aromatic N) is 3. The van der Waals surface area contributed by atoms with Crippen molar-refractivity contribution in [2.24, 2.45) is 0 Å². The molecule has 0 spiro atoms. The van der Waals surface area contributed by atoms with Crippen molar-refractivity contribution in [3.8, 4) is 0 Å². The van der Waals surface area contributed by atoms with E-state index in [9.17, 15) is 41.3 Å². The summed E-state index contributed by atoms with van der Waals surface area (Å²) in [6.45, 7) is -0.159. The number of nitrogens with one attached hydrogen (secondary N) is 2. The molecule has 180 valence electrons. The zero-order chi connectivity index (χ0) is 24.8. The van der Waals surface area contributed by atoms with Gasteiger partial charge in [0.2, 0.25) is 10.0 Å². The normalized spacial score (nSPS) is 15.6. The van der Waals surface area contributed by atoms with Crippen LogP contribution >= 0.6 is 0 Å². The summed E-state index contributed by atoms with van der Waals surface area (Å²) >= 11 is 0. The number of alkyl halides is 3. The zero-order valence-corrected chi connectivity index (χ0v) is 17.9. The molecule has 4 rings (SSSR count). The Morgan fingerprint density at radius 2 is 1.53 bits per heavy atom. The van der Waals surface area contributed by atoms with Gasteiger partial charge in [0.05, 0.1) is 26.4 Å². The third-order valence-corrected chi connectivity index (χ3v) is 7.30. The smallest absolute Gasteiger partial charge is 0.363 e. The van der Waals surface area contributed by atoms with Gasteiger partial charge in [0.15, 0.2) is 0 Å². The van der Waals surface area contributed by atoms with Crippen LogP contribution in [-0.4, -0.2) is 53.8 Å². The first kappa shape index (κ1) is 23.4.